The molecule has 0 aliphatic carbocycles. The van der Waals surface area contributed by atoms with Crippen LogP contribution in [0.4, 0.5) is 14.5 Å². The number of methoxy groups -OCH3 is 1. The van der Waals surface area contributed by atoms with E-state index in [9.17, 15) is 13.6 Å². The molecule has 2 saturated heterocycles. The average Bonchev–Trinajstić information content (AvgIpc) is 2.83. The predicted octanol–water partition coefficient (Wildman–Crippen LogP) is 3.04. The normalized spacial score (nSPS) is 21.8. The van der Waals surface area contributed by atoms with Crippen molar-refractivity contribution in [3.63, 3.8) is 0 Å². The number of carbonyl (C=O) groups is 1. The molecule has 0 radical (unpaired) electrons. The molecule has 0 saturated carbocycles. The lowest BCUT2D eigenvalue weighted by molar-refractivity contribution is -0.141. The summed E-state index contributed by atoms with van der Waals surface area (Å²) in [4.78, 5) is 13.1. The van der Waals surface area contributed by atoms with Crippen LogP contribution in [-0.2, 0) is 18.8 Å². The van der Waals surface area contributed by atoms with Crippen molar-refractivity contribution in [1.82, 2.24) is 0 Å². The van der Waals surface area contributed by atoms with Gasteiger partial charge in [-0.3, -0.25) is 4.79 Å². The summed E-state index contributed by atoms with van der Waals surface area (Å²) in [6, 6.07) is 2.59. The first-order chi connectivity index (χ1) is 13.0. The van der Waals surface area contributed by atoms with Crippen molar-refractivity contribution in [2.24, 2.45) is 5.92 Å². The Labute approximate surface area is 165 Å². The van der Waals surface area contributed by atoms with Gasteiger partial charge >= 0.3 is 13.1 Å². The lowest BCUT2D eigenvalue weighted by Gasteiger charge is -2.33. The second-order valence-electron chi connectivity index (χ2n) is 8.63. The van der Waals surface area contributed by atoms with Gasteiger partial charge in [0.2, 0.25) is 0 Å². The number of ether oxygens (including phenoxy) is 1. The fraction of sp³-hybridized carbons (Fsp3) is 0.650. The van der Waals surface area contributed by atoms with Gasteiger partial charge in [-0.25, -0.2) is 8.78 Å². The Balaban J connectivity index is 1.73. The van der Waals surface area contributed by atoms with Crippen LogP contribution >= 0.6 is 0 Å². The highest BCUT2D eigenvalue weighted by Gasteiger charge is 2.52. The van der Waals surface area contributed by atoms with Crippen molar-refractivity contribution in [3.05, 3.63) is 23.8 Å². The van der Waals surface area contributed by atoms with E-state index in [4.69, 9.17) is 14.0 Å². The number of halogens is 2. The summed E-state index contributed by atoms with van der Waals surface area (Å²) in [6.45, 7) is 8.56. The third-order valence-corrected chi connectivity index (χ3v) is 6.18. The first-order valence-electron chi connectivity index (χ1n) is 9.70. The highest BCUT2D eigenvalue weighted by atomic mass is 19.1. The molecule has 154 valence electrons. The molecule has 2 aliphatic heterocycles. The van der Waals surface area contributed by atoms with Gasteiger partial charge < -0.3 is 18.9 Å². The van der Waals surface area contributed by atoms with Crippen LogP contribution in [0.25, 0.3) is 0 Å². The zero-order valence-corrected chi connectivity index (χ0v) is 17.2. The fourth-order valence-electron chi connectivity index (χ4n) is 3.68. The quantitative estimate of drug-likeness (QED) is 0.580. The highest BCUT2D eigenvalue weighted by molar-refractivity contribution is 6.62. The Morgan fingerprint density at radius 3 is 2.11 bits per heavy atom. The van der Waals surface area contributed by atoms with E-state index >= 15 is 0 Å². The maximum atomic E-state index is 14.8. The van der Waals surface area contributed by atoms with Crippen LogP contribution < -0.4 is 10.4 Å². The standard InChI is InChI=1S/C20H28BF2NO4/c1-19(2)20(3,4)28-21(27-19)14-11-15(22)18(16(23)12-14)24-8-6-13(7-9-24)10-17(25)26-5/h11-13H,6-10H2,1-5H3. The topological polar surface area (TPSA) is 48.0 Å². The van der Waals surface area contributed by atoms with E-state index in [2.05, 4.69) is 0 Å². The zero-order chi connectivity index (χ0) is 20.7. The van der Waals surface area contributed by atoms with Crippen molar-refractivity contribution in [3.8, 4) is 0 Å². The molecule has 2 aliphatic rings. The number of hydrogen-bond acceptors (Lipinski definition) is 5. The van der Waals surface area contributed by atoms with Gasteiger partial charge in [-0.2, -0.15) is 0 Å². The Kier molecular flexibility index (Phi) is 5.74. The second-order valence-corrected chi connectivity index (χ2v) is 8.63. The summed E-state index contributed by atoms with van der Waals surface area (Å²) in [6.07, 6.45) is 1.72. The van der Waals surface area contributed by atoms with Crippen LogP contribution in [0.15, 0.2) is 12.1 Å². The molecule has 1 aromatic rings. The van der Waals surface area contributed by atoms with Gasteiger partial charge in [0.25, 0.3) is 0 Å². The summed E-state index contributed by atoms with van der Waals surface area (Å²) in [5, 5.41) is 0. The van der Waals surface area contributed by atoms with Crippen molar-refractivity contribution in [2.75, 3.05) is 25.1 Å². The van der Waals surface area contributed by atoms with Gasteiger partial charge in [-0.15, -0.1) is 0 Å². The molecule has 0 spiro atoms. The minimum atomic E-state index is -0.811. The van der Waals surface area contributed by atoms with E-state index in [-0.39, 0.29) is 17.6 Å². The first kappa shape index (κ1) is 21.1. The minimum Gasteiger partial charge on any atom is -0.469 e. The van der Waals surface area contributed by atoms with Crippen LogP contribution in [0.5, 0.6) is 0 Å². The van der Waals surface area contributed by atoms with Crippen molar-refractivity contribution in [2.45, 2.75) is 58.2 Å². The van der Waals surface area contributed by atoms with E-state index in [0.29, 0.717) is 37.8 Å². The number of hydrogen-bond donors (Lipinski definition) is 0. The van der Waals surface area contributed by atoms with Gasteiger partial charge in [0, 0.05) is 19.5 Å². The van der Waals surface area contributed by atoms with E-state index in [0.717, 1.165) is 0 Å². The summed E-state index contributed by atoms with van der Waals surface area (Å²) < 4.78 is 46.1. The second kappa shape index (κ2) is 7.63. The molecule has 0 aromatic heterocycles. The number of piperidine rings is 1. The lowest BCUT2D eigenvalue weighted by Crippen LogP contribution is -2.41. The van der Waals surface area contributed by atoms with Crippen LogP contribution in [0, 0.1) is 17.6 Å². The van der Waals surface area contributed by atoms with Gasteiger partial charge in [0.1, 0.15) is 17.3 Å². The number of benzene rings is 1. The van der Waals surface area contributed by atoms with Crippen molar-refractivity contribution < 1.29 is 27.6 Å². The fourth-order valence-corrected chi connectivity index (χ4v) is 3.68. The Bertz CT molecular complexity index is 709. The number of rotatable bonds is 4. The van der Waals surface area contributed by atoms with Gasteiger partial charge in [0.15, 0.2) is 0 Å². The van der Waals surface area contributed by atoms with Gasteiger partial charge in [-0.05, 0) is 64.1 Å². The predicted molar refractivity (Wildman–Crippen MR) is 104 cm³/mol. The molecule has 0 N–H and O–H groups in total. The van der Waals surface area contributed by atoms with Crippen molar-refractivity contribution >= 4 is 24.2 Å². The number of anilines is 1. The molecule has 0 unspecified atom stereocenters. The average molecular weight is 395 g/mol. The Hall–Kier alpha value is -1.67. The molecule has 8 heteroatoms. The van der Waals surface area contributed by atoms with E-state index in [1.165, 1.54) is 19.2 Å². The van der Waals surface area contributed by atoms with E-state index in [1.54, 1.807) is 4.90 Å². The van der Waals surface area contributed by atoms with Crippen LogP contribution in [-0.4, -0.2) is 44.5 Å². The molecule has 3 rings (SSSR count). The molecule has 0 bridgehead atoms. The number of carbonyl (C=O) groups excluding carboxylic acids is 1. The van der Waals surface area contributed by atoms with E-state index < -0.39 is 30.0 Å². The lowest BCUT2D eigenvalue weighted by atomic mass is 9.78. The molecule has 28 heavy (non-hydrogen) atoms. The van der Waals surface area contributed by atoms with Crippen LogP contribution in [0.2, 0.25) is 0 Å². The largest absolute Gasteiger partial charge is 0.495 e. The zero-order valence-electron chi connectivity index (χ0n) is 17.2. The highest BCUT2D eigenvalue weighted by Crippen LogP contribution is 2.37. The molecule has 0 atom stereocenters. The molecular weight excluding hydrogens is 367 g/mol. The summed E-state index contributed by atoms with van der Waals surface area (Å²) in [5.41, 5.74) is -0.856. The third kappa shape index (κ3) is 4.03. The van der Waals surface area contributed by atoms with Crippen molar-refractivity contribution in [1.29, 1.82) is 0 Å². The molecule has 0 amide bonds. The Morgan fingerprint density at radius 1 is 1.14 bits per heavy atom. The monoisotopic (exact) mass is 395 g/mol. The maximum absolute atomic E-state index is 14.8. The minimum absolute atomic E-state index is 0.0308. The van der Waals surface area contributed by atoms with Gasteiger partial charge in [0.05, 0.1) is 18.3 Å². The number of esters is 1. The van der Waals surface area contributed by atoms with Crippen LogP contribution in [0.1, 0.15) is 47.0 Å². The number of nitrogens with zero attached hydrogens (tertiary/aromatic N) is 1. The summed E-state index contributed by atoms with van der Waals surface area (Å²) in [7, 11) is 0.554. The molecular formula is C20H28BF2NO4. The molecule has 1 aromatic carbocycles. The van der Waals surface area contributed by atoms with E-state index in [1.807, 2.05) is 27.7 Å². The smallest absolute Gasteiger partial charge is 0.469 e. The molecule has 2 heterocycles. The Morgan fingerprint density at radius 2 is 1.64 bits per heavy atom. The molecule has 2 fully saturated rings. The van der Waals surface area contributed by atoms with Gasteiger partial charge in [-0.1, -0.05) is 0 Å². The maximum Gasteiger partial charge on any atom is 0.495 e. The molecule has 5 nitrogen and oxygen atoms in total. The van der Waals surface area contributed by atoms with Crippen LogP contribution in [0.3, 0.4) is 0 Å². The third-order valence-electron chi connectivity index (χ3n) is 6.18. The summed E-state index contributed by atoms with van der Waals surface area (Å²) >= 11 is 0. The summed E-state index contributed by atoms with van der Waals surface area (Å²) in [5.74, 6) is -1.33. The SMILES string of the molecule is COC(=O)CC1CCN(c2c(F)cc(B3OC(C)(C)C(C)(C)O3)cc2F)CC1. The first-order valence-corrected chi connectivity index (χ1v) is 9.70.